The molecule has 20 heavy (non-hydrogen) atoms. The highest BCUT2D eigenvalue weighted by Crippen LogP contribution is 2.36. The van der Waals surface area contributed by atoms with Crippen LogP contribution < -0.4 is 16.0 Å². The van der Waals surface area contributed by atoms with Gasteiger partial charge in [0.15, 0.2) is 5.75 Å². The summed E-state index contributed by atoms with van der Waals surface area (Å²) in [5.41, 5.74) is 2.78. The molecule has 2 rings (SSSR count). The number of carbonyl (C=O) groups is 1. The van der Waals surface area contributed by atoms with Gasteiger partial charge in [0.1, 0.15) is 6.61 Å². The van der Waals surface area contributed by atoms with Crippen LogP contribution in [0.2, 0.25) is 15.1 Å². The van der Waals surface area contributed by atoms with Crippen LogP contribution in [0.25, 0.3) is 0 Å². The number of rotatable bonds is 4. The van der Waals surface area contributed by atoms with Gasteiger partial charge < -0.3 is 4.74 Å². The van der Waals surface area contributed by atoms with Crippen LogP contribution in [0.5, 0.6) is 5.75 Å². The van der Waals surface area contributed by atoms with Crippen LogP contribution >= 0.6 is 46.1 Å². The third-order valence-electron chi connectivity index (χ3n) is 2.42. The fraction of sp³-hybridized carbons (Fsp3) is 0.0833. The highest BCUT2D eigenvalue weighted by atomic mass is 35.5. The highest BCUT2D eigenvalue weighted by molar-refractivity contribution is 7.12. The van der Waals surface area contributed by atoms with E-state index in [2.05, 4.69) is 5.43 Å². The normalized spacial score (nSPS) is 10.4. The maximum atomic E-state index is 11.5. The first-order chi connectivity index (χ1) is 9.52. The molecule has 106 valence electrons. The van der Waals surface area contributed by atoms with Crippen molar-refractivity contribution in [1.82, 2.24) is 5.43 Å². The zero-order valence-corrected chi connectivity index (χ0v) is 13.0. The van der Waals surface area contributed by atoms with E-state index in [-0.39, 0.29) is 12.5 Å². The number of benzene rings is 1. The van der Waals surface area contributed by atoms with Gasteiger partial charge in [-0.05, 0) is 23.6 Å². The molecule has 0 bridgehead atoms. The van der Waals surface area contributed by atoms with Crippen molar-refractivity contribution in [1.29, 1.82) is 0 Å². The first kappa shape index (κ1) is 15.4. The Morgan fingerprint density at radius 2 is 1.95 bits per heavy atom. The first-order valence-electron chi connectivity index (χ1n) is 5.37. The topological polar surface area (TPSA) is 64.3 Å². The molecule has 1 aromatic carbocycles. The standard InChI is InChI=1S/C12H9Cl3N2O2S/c13-7-3-8(14)10(9(15)4-7)19-5-6-1-2-20-11(6)12(18)17-16/h1-4H,5,16H2,(H,17,18). The highest BCUT2D eigenvalue weighted by Gasteiger charge is 2.14. The Labute approximate surface area is 134 Å². The molecule has 0 fully saturated rings. The molecule has 2 aromatic rings. The molecule has 1 aromatic heterocycles. The van der Waals surface area contributed by atoms with Gasteiger partial charge in [0.05, 0.1) is 14.9 Å². The van der Waals surface area contributed by atoms with E-state index in [1.165, 1.54) is 23.5 Å². The first-order valence-corrected chi connectivity index (χ1v) is 7.39. The van der Waals surface area contributed by atoms with Crippen LogP contribution in [0.3, 0.4) is 0 Å². The van der Waals surface area contributed by atoms with Crippen LogP contribution in [0.4, 0.5) is 0 Å². The molecule has 0 radical (unpaired) electrons. The number of halogens is 3. The van der Waals surface area contributed by atoms with E-state index >= 15 is 0 Å². The quantitative estimate of drug-likeness (QED) is 0.499. The van der Waals surface area contributed by atoms with Crippen LogP contribution in [-0.2, 0) is 6.61 Å². The molecule has 0 aliphatic rings. The van der Waals surface area contributed by atoms with Gasteiger partial charge in [0, 0.05) is 10.6 Å². The molecule has 0 aliphatic heterocycles. The Morgan fingerprint density at radius 3 is 2.55 bits per heavy atom. The molecule has 3 N–H and O–H groups in total. The van der Waals surface area contributed by atoms with Crippen molar-refractivity contribution in [2.45, 2.75) is 6.61 Å². The van der Waals surface area contributed by atoms with Crippen molar-refractivity contribution in [3.05, 3.63) is 49.1 Å². The van der Waals surface area contributed by atoms with Gasteiger partial charge in [0.25, 0.3) is 5.91 Å². The molecule has 0 aliphatic carbocycles. The zero-order chi connectivity index (χ0) is 14.7. The van der Waals surface area contributed by atoms with Crippen molar-refractivity contribution in [2.24, 2.45) is 5.84 Å². The van der Waals surface area contributed by atoms with Gasteiger partial charge >= 0.3 is 0 Å². The minimum atomic E-state index is -0.369. The summed E-state index contributed by atoms with van der Waals surface area (Å²) in [6.45, 7) is 0.146. The molecule has 0 saturated heterocycles. The maximum Gasteiger partial charge on any atom is 0.275 e. The minimum Gasteiger partial charge on any atom is -0.486 e. The van der Waals surface area contributed by atoms with Crippen molar-refractivity contribution in [3.8, 4) is 5.75 Å². The summed E-state index contributed by atoms with van der Waals surface area (Å²) in [5.74, 6) is 5.07. The Hall–Kier alpha value is -0.980. The lowest BCUT2D eigenvalue weighted by atomic mass is 10.2. The summed E-state index contributed by atoms with van der Waals surface area (Å²) >= 11 is 19.1. The average molecular weight is 352 g/mol. The predicted octanol–water partition coefficient (Wildman–Crippen LogP) is 3.89. The number of hydrogen-bond donors (Lipinski definition) is 2. The molecular weight excluding hydrogens is 343 g/mol. The molecule has 1 heterocycles. The lowest BCUT2D eigenvalue weighted by Crippen LogP contribution is -2.30. The number of nitrogens with one attached hydrogen (secondary N) is 1. The Bertz CT molecular complexity index is 622. The van der Waals surface area contributed by atoms with E-state index in [9.17, 15) is 4.79 Å². The Balaban J connectivity index is 2.18. The molecule has 8 heteroatoms. The lowest BCUT2D eigenvalue weighted by molar-refractivity contribution is 0.0955. The monoisotopic (exact) mass is 350 g/mol. The zero-order valence-electron chi connectivity index (χ0n) is 9.95. The summed E-state index contributed by atoms with van der Waals surface area (Å²) in [6.07, 6.45) is 0. The third kappa shape index (κ3) is 3.37. The fourth-order valence-corrected chi connectivity index (χ4v) is 3.27. The second-order valence-corrected chi connectivity index (χ2v) is 5.90. The number of thiophene rings is 1. The van der Waals surface area contributed by atoms with Crippen LogP contribution in [0.1, 0.15) is 15.2 Å². The van der Waals surface area contributed by atoms with Crippen LogP contribution in [-0.4, -0.2) is 5.91 Å². The number of carbonyl (C=O) groups excluding carboxylic acids is 1. The number of nitrogen functional groups attached to an aromatic ring is 1. The second-order valence-electron chi connectivity index (χ2n) is 3.74. The van der Waals surface area contributed by atoms with Crippen molar-refractivity contribution in [3.63, 3.8) is 0 Å². The maximum absolute atomic E-state index is 11.5. The molecule has 0 atom stereocenters. The van der Waals surface area contributed by atoms with E-state index in [0.717, 1.165) is 0 Å². The molecule has 1 amide bonds. The SMILES string of the molecule is NNC(=O)c1sccc1COc1c(Cl)cc(Cl)cc1Cl. The molecular formula is C12H9Cl3N2O2S. The number of ether oxygens (including phenoxy) is 1. The summed E-state index contributed by atoms with van der Waals surface area (Å²) in [7, 11) is 0. The average Bonchev–Trinajstić information content (AvgIpc) is 2.85. The molecule has 0 spiro atoms. The Morgan fingerprint density at radius 1 is 1.30 bits per heavy atom. The largest absolute Gasteiger partial charge is 0.486 e. The number of nitrogens with two attached hydrogens (primary N) is 1. The fourth-order valence-electron chi connectivity index (χ4n) is 1.53. The van der Waals surface area contributed by atoms with E-state index in [4.69, 9.17) is 45.4 Å². The van der Waals surface area contributed by atoms with E-state index < -0.39 is 0 Å². The van der Waals surface area contributed by atoms with Gasteiger partial charge in [-0.3, -0.25) is 10.2 Å². The van der Waals surface area contributed by atoms with Gasteiger partial charge in [0.2, 0.25) is 0 Å². The number of hydrogen-bond acceptors (Lipinski definition) is 4. The van der Waals surface area contributed by atoms with Crippen molar-refractivity contribution < 1.29 is 9.53 Å². The summed E-state index contributed by atoms with van der Waals surface area (Å²) < 4.78 is 5.57. The number of amides is 1. The second kappa shape index (κ2) is 6.65. The number of hydrazine groups is 1. The summed E-state index contributed by atoms with van der Waals surface area (Å²) in [4.78, 5) is 12.0. The Kier molecular flexibility index (Phi) is 5.12. The van der Waals surface area contributed by atoms with E-state index in [1.807, 2.05) is 0 Å². The van der Waals surface area contributed by atoms with Gasteiger partial charge in [-0.15, -0.1) is 11.3 Å². The van der Waals surface area contributed by atoms with Crippen molar-refractivity contribution >= 4 is 52.0 Å². The van der Waals surface area contributed by atoms with Gasteiger partial charge in [-0.2, -0.15) is 0 Å². The van der Waals surface area contributed by atoms with Crippen LogP contribution in [0, 0.1) is 0 Å². The predicted molar refractivity (Wildman–Crippen MR) is 81.8 cm³/mol. The van der Waals surface area contributed by atoms with Crippen LogP contribution in [0.15, 0.2) is 23.6 Å². The third-order valence-corrected chi connectivity index (χ3v) is 4.15. The van der Waals surface area contributed by atoms with Gasteiger partial charge in [-0.25, -0.2) is 5.84 Å². The molecule has 4 nitrogen and oxygen atoms in total. The lowest BCUT2D eigenvalue weighted by Gasteiger charge is -2.10. The van der Waals surface area contributed by atoms with Crippen molar-refractivity contribution in [2.75, 3.05) is 0 Å². The smallest absolute Gasteiger partial charge is 0.275 e. The van der Waals surface area contributed by atoms with E-state index in [0.29, 0.717) is 31.3 Å². The summed E-state index contributed by atoms with van der Waals surface area (Å²) in [6, 6.07) is 4.84. The van der Waals surface area contributed by atoms with Gasteiger partial charge in [-0.1, -0.05) is 34.8 Å². The molecule has 0 saturated carbocycles. The van der Waals surface area contributed by atoms with E-state index in [1.54, 1.807) is 11.4 Å². The molecule has 0 unspecified atom stereocenters. The summed E-state index contributed by atoms with van der Waals surface area (Å²) in [5, 5.41) is 2.81. The minimum absolute atomic E-state index is 0.146.